The number of hydrogen-bond donors (Lipinski definition) is 1. The zero-order valence-corrected chi connectivity index (χ0v) is 14.4. The summed E-state index contributed by atoms with van der Waals surface area (Å²) >= 11 is 6.06. The van der Waals surface area contributed by atoms with E-state index in [1.807, 2.05) is 25.1 Å². The molecule has 23 heavy (non-hydrogen) atoms. The molecule has 1 aromatic carbocycles. The highest BCUT2D eigenvalue weighted by Crippen LogP contribution is 2.29. The minimum absolute atomic E-state index is 0.230. The molecule has 1 atom stereocenters. The van der Waals surface area contributed by atoms with E-state index in [4.69, 9.17) is 11.6 Å². The third-order valence-corrected chi connectivity index (χ3v) is 6.06. The van der Waals surface area contributed by atoms with Gasteiger partial charge in [0, 0.05) is 37.4 Å². The van der Waals surface area contributed by atoms with E-state index < -0.39 is 10.0 Å². The highest BCUT2D eigenvalue weighted by Gasteiger charge is 2.35. The van der Waals surface area contributed by atoms with Crippen molar-refractivity contribution in [3.63, 3.8) is 0 Å². The van der Waals surface area contributed by atoms with Crippen molar-refractivity contribution in [2.45, 2.75) is 24.4 Å². The second-order valence-electron chi connectivity index (χ2n) is 5.42. The molecule has 1 unspecified atom stereocenters. The number of aromatic nitrogens is 2. The molecular weight excluding hydrogens is 336 g/mol. The maximum atomic E-state index is 13.0. The van der Waals surface area contributed by atoms with Gasteiger partial charge in [0.2, 0.25) is 10.0 Å². The van der Waals surface area contributed by atoms with Crippen molar-refractivity contribution in [1.29, 1.82) is 0 Å². The Morgan fingerprint density at radius 1 is 1.43 bits per heavy atom. The molecule has 1 N–H and O–H groups in total. The maximum absolute atomic E-state index is 13.0. The lowest BCUT2D eigenvalue weighted by Gasteiger charge is -2.35. The summed E-state index contributed by atoms with van der Waals surface area (Å²) in [5.41, 5.74) is 0.885. The van der Waals surface area contributed by atoms with Gasteiger partial charge >= 0.3 is 0 Å². The van der Waals surface area contributed by atoms with Crippen molar-refractivity contribution >= 4 is 21.6 Å². The summed E-state index contributed by atoms with van der Waals surface area (Å²) in [5.74, 6) is 0. The first-order chi connectivity index (χ1) is 11.0. The van der Waals surface area contributed by atoms with Gasteiger partial charge in [-0.25, -0.2) is 8.42 Å². The van der Waals surface area contributed by atoms with Gasteiger partial charge < -0.3 is 5.32 Å². The standard InChI is InChI=1S/C15H19ClN4O2S/c1-2-19-11-14(9-18-19)23(21,22)20-7-6-17-10-15(20)12-4-3-5-13(16)8-12/h3-5,8-9,11,15,17H,2,6-7,10H2,1H3. The zero-order valence-electron chi connectivity index (χ0n) is 12.8. The lowest BCUT2D eigenvalue weighted by Crippen LogP contribution is -2.48. The molecule has 1 aliphatic heterocycles. The molecule has 1 fully saturated rings. The van der Waals surface area contributed by atoms with Gasteiger partial charge in [-0.3, -0.25) is 4.68 Å². The van der Waals surface area contributed by atoms with Crippen molar-refractivity contribution in [3.8, 4) is 0 Å². The number of halogens is 1. The molecule has 8 heteroatoms. The fraction of sp³-hybridized carbons (Fsp3) is 0.400. The zero-order chi connectivity index (χ0) is 16.4. The van der Waals surface area contributed by atoms with Crippen LogP contribution in [0.25, 0.3) is 0 Å². The van der Waals surface area contributed by atoms with Gasteiger partial charge in [0.25, 0.3) is 0 Å². The van der Waals surface area contributed by atoms with Crippen LogP contribution in [0.3, 0.4) is 0 Å². The number of rotatable bonds is 4. The molecule has 6 nitrogen and oxygen atoms in total. The predicted molar refractivity (Wildman–Crippen MR) is 88.9 cm³/mol. The first kappa shape index (κ1) is 16.4. The van der Waals surface area contributed by atoms with Gasteiger partial charge in [0.15, 0.2) is 0 Å². The first-order valence-electron chi connectivity index (χ1n) is 7.53. The Kier molecular flexibility index (Phi) is 4.72. The van der Waals surface area contributed by atoms with Crippen LogP contribution in [0.2, 0.25) is 5.02 Å². The minimum atomic E-state index is -3.59. The molecule has 0 spiro atoms. The summed E-state index contributed by atoms with van der Waals surface area (Å²) in [5, 5.41) is 7.94. The Morgan fingerprint density at radius 2 is 2.26 bits per heavy atom. The lowest BCUT2D eigenvalue weighted by molar-refractivity contribution is 0.271. The quantitative estimate of drug-likeness (QED) is 0.910. The number of benzene rings is 1. The van der Waals surface area contributed by atoms with Gasteiger partial charge in [0.05, 0.1) is 12.2 Å². The Balaban J connectivity index is 1.97. The summed E-state index contributed by atoms with van der Waals surface area (Å²) in [7, 11) is -3.59. The molecule has 0 aliphatic carbocycles. The van der Waals surface area contributed by atoms with Gasteiger partial charge in [-0.15, -0.1) is 0 Å². The van der Waals surface area contributed by atoms with Gasteiger partial charge in [-0.05, 0) is 24.6 Å². The Labute approximate surface area is 141 Å². The van der Waals surface area contributed by atoms with Crippen LogP contribution in [0.4, 0.5) is 0 Å². The molecule has 3 rings (SSSR count). The summed E-state index contributed by atoms with van der Waals surface area (Å²) < 4.78 is 29.1. The lowest BCUT2D eigenvalue weighted by atomic mass is 10.1. The van der Waals surface area contributed by atoms with Crippen molar-refractivity contribution in [1.82, 2.24) is 19.4 Å². The second kappa shape index (κ2) is 6.60. The SMILES string of the molecule is CCn1cc(S(=O)(=O)N2CCNCC2c2cccc(Cl)c2)cn1. The van der Waals surface area contributed by atoms with Crippen LogP contribution in [0.15, 0.2) is 41.6 Å². The molecule has 1 aromatic heterocycles. The molecule has 2 aromatic rings. The molecule has 1 aliphatic rings. The Hall–Kier alpha value is -1.41. The van der Waals surface area contributed by atoms with E-state index in [0.717, 1.165) is 5.56 Å². The van der Waals surface area contributed by atoms with Crippen LogP contribution < -0.4 is 5.32 Å². The van der Waals surface area contributed by atoms with E-state index in [1.165, 1.54) is 10.5 Å². The largest absolute Gasteiger partial charge is 0.313 e. The minimum Gasteiger partial charge on any atom is -0.313 e. The number of nitrogens with one attached hydrogen (secondary N) is 1. The van der Waals surface area contributed by atoms with Crippen LogP contribution >= 0.6 is 11.6 Å². The molecule has 0 amide bonds. The third-order valence-electron chi connectivity index (χ3n) is 3.97. The van der Waals surface area contributed by atoms with E-state index in [1.54, 1.807) is 16.9 Å². The van der Waals surface area contributed by atoms with Crippen LogP contribution in [-0.4, -0.2) is 42.1 Å². The Morgan fingerprint density at radius 3 is 2.96 bits per heavy atom. The monoisotopic (exact) mass is 354 g/mol. The normalized spacial score (nSPS) is 19.8. The van der Waals surface area contributed by atoms with E-state index >= 15 is 0 Å². The summed E-state index contributed by atoms with van der Waals surface area (Å²) in [6, 6.07) is 7.06. The van der Waals surface area contributed by atoms with Gasteiger partial charge in [-0.1, -0.05) is 23.7 Å². The fourth-order valence-electron chi connectivity index (χ4n) is 2.76. The number of hydrogen-bond acceptors (Lipinski definition) is 4. The number of sulfonamides is 1. The van der Waals surface area contributed by atoms with E-state index in [0.29, 0.717) is 31.2 Å². The fourth-order valence-corrected chi connectivity index (χ4v) is 4.53. The van der Waals surface area contributed by atoms with Gasteiger partial charge in [0.1, 0.15) is 4.90 Å². The smallest absolute Gasteiger partial charge is 0.246 e. The molecular formula is C15H19ClN4O2S. The van der Waals surface area contributed by atoms with E-state index in [-0.39, 0.29) is 10.9 Å². The molecule has 0 saturated carbocycles. The average molecular weight is 355 g/mol. The van der Waals surface area contributed by atoms with Crippen molar-refractivity contribution in [2.24, 2.45) is 0 Å². The van der Waals surface area contributed by atoms with Crippen LogP contribution in [0.5, 0.6) is 0 Å². The summed E-state index contributed by atoms with van der Waals surface area (Å²) in [6.07, 6.45) is 2.99. The Bertz CT molecular complexity index is 790. The topological polar surface area (TPSA) is 67.2 Å². The molecule has 0 radical (unpaired) electrons. The molecule has 2 heterocycles. The maximum Gasteiger partial charge on any atom is 0.246 e. The number of nitrogens with zero attached hydrogens (tertiary/aromatic N) is 3. The summed E-state index contributed by atoms with van der Waals surface area (Å²) in [4.78, 5) is 0.230. The molecule has 0 bridgehead atoms. The predicted octanol–water partition coefficient (Wildman–Crippen LogP) is 1.89. The highest BCUT2D eigenvalue weighted by molar-refractivity contribution is 7.89. The van der Waals surface area contributed by atoms with Crippen molar-refractivity contribution < 1.29 is 8.42 Å². The molecule has 1 saturated heterocycles. The van der Waals surface area contributed by atoms with Gasteiger partial charge in [-0.2, -0.15) is 9.40 Å². The van der Waals surface area contributed by atoms with Crippen molar-refractivity contribution in [3.05, 3.63) is 47.2 Å². The number of aryl methyl sites for hydroxylation is 1. The number of piperazine rings is 1. The van der Waals surface area contributed by atoms with Crippen LogP contribution in [0, 0.1) is 0 Å². The van der Waals surface area contributed by atoms with E-state index in [9.17, 15) is 8.42 Å². The van der Waals surface area contributed by atoms with E-state index in [2.05, 4.69) is 10.4 Å². The first-order valence-corrected chi connectivity index (χ1v) is 9.34. The summed E-state index contributed by atoms with van der Waals surface area (Å²) in [6.45, 7) is 4.15. The van der Waals surface area contributed by atoms with Crippen LogP contribution in [0.1, 0.15) is 18.5 Å². The molecule has 124 valence electrons. The average Bonchev–Trinajstić information content (AvgIpc) is 3.05. The highest BCUT2D eigenvalue weighted by atomic mass is 35.5. The van der Waals surface area contributed by atoms with Crippen LogP contribution in [-0.2, 0) is 16.6 Å². The second-order valence-corrected chi connectivity index (χ2v) is 7.75. The third kappa shape index (κ3) is 3.28. The van der Waals surface area contributed by atoms with Crippen molar-refractivity contribution in [2.75, 3.05) is 19.6 Å².